The van der Waals surface area contributed by atoms with E-state index in [1.54, 1.807) is 33.0 Å². The van der Waals surface area contributed by atoms with Crippen LogP contribution in [0.4, 0.5) is 0 Å². The fourth-order valence-electron chi connectivity index (χ4n) is 3.73. The Bertz CT molecular complexity index is 804. The van der Waals surface area contributed by atoms with Crippen molar-refractivity contribution in [3.05, 3.63) is 0 Å². The van der Waals surface area contributed by atoms with Gasteiger partial charge in [0.05, 0.1) is 45.7 Å². The fourth-order valence-corrected chi connectivity index (χ4v) is 3.73. The third kappa shape index (κ3) is 21.6. The van der Waals surface area contributed by atoms with Crippen molar-refractivity contribution in [2.45, 2.75) is 96.0 Å². The lowest BCUT2D eigenvalue weighted by molar-refractivity contribution is -0.191. The Morgan fingerprint density at radius 1 is 0.628 bits per heavy atom. The molecular weight excluding hydrogens is 566 g/mol. The highest BCUT2D eigenvalue weighted by Gasteiger charge is 2.49. The molecule has 0 bridgehead atoms. The van der Waals surface area contributed by atoms with Crippen LogP contribution in [0.15, 0.2) is 0 Å². The van der Waals surface area contributed by atoms with Crippen LogP contribution in [0.5, 0.6) is 0 Å². The summed E-state index contributed by atoms with van der Waals surface area (Å²) in [6.45, 7) is 2.92. The Morgan fingerprint density at radius 3 is 1.56 bits per heavy atom. The lowest BCUT2D eigenvalue weighted by atomic mass is 9.94. The quantitative estimate of drug-likeness (QED) is 0.0811. The highest BCUT2D eigenvalue weighted by Crippen LogP contribution is 2.26. The Labute approximate surface area is 255 Å². The first-order valence-corrected chi connectivity index (χ1v) is 15.2. The van der Waals surface area contributed by atoms with Crippen LogP contribution in [0, 0.1) is 0 Å². The monoisotopic (exact) mass is 619 g/mol. The molecule has 0 saturated carbocycles. The molecule has 13 nitrogen and oxygen atoms in total. The number of nitrogens with zero attached hydrogens (tertiary/aromatic N) is 1. The molecule has 0 rings (SSSR count). The van der Waals surface area contributed by atoms with Gasteiger partial charge in [0.1, 0.15) is 0 Å². The van der Waals surface area contributed by atoms with Gasteiger partial charge in [0.15, 0.2) is 0 Å². The summed E-state index contributed by atoms with van der Waals surface area (Å²) in [5, 5.41) is 8.99. The van der Waals surface area contributed by atoms with E-state index in [-0.39, 0.29) is 45.4 Å². The largest absolute Gasteiger partial charge is 0.466 e. The van der Waals surface area contributed by atoms with Crippen molar-refractivity contribution in [1.82, 2.24) is 4.90 Å². The number of ether oxygens (including phenoxy) is 6. The second-order valence-corrected chi connectivity index (χ2v) is 10.4. The molecule has 0 spiro atoms. The first kappa shape index (κ1) is 40.2. The summed E-state index contributed by atoms with van der Waals surface area (Å²) < 4.78 is 31.6. The van der Waals surface area contributed by atoms with Gasteiger partial charge in [0.25, 0.3) is 0 Å². The zero-order valence-electron chi connectivity index (χ0n) is 26.5. The molecule has 0 fully saturated rings. The highest BCUT2D eigenvalue weighted by atomic mass is 16.6. The van der Waals surface area contributed by atoms with Crippen molar-refractivity contribution < 1.29 is 57.5 Å². The van der Waals surface area contributed by atoms with E-state index < -0.39 is 42.3 Å². The molecular formula is C30H53NO12. The summed E-state index contributed by atoms with van der Waals surface area (Å²) in [5.41, 5.74) is -2.26. The van der Waals surface area contributed by atoms with E-state index >= 15 is 0 Å². The molecule has 0 saturated heterocycles. The van der Waals surface area contributed by atoms with Crippen molar-refractivity contribution in [1.29, 1.82) is 0 Å². The number of unbranched alkanes of at least 4 members (excludes halogenated alkanes) is 6. The van der Waals surface area contributed by atoms with Crippen molar-refractivity contribution >= 4 is 29.8 Å². The fraction of sp³-hybridized carbons (Fsp3) is 0.833. The van der Waals surface area contributed by atoms with Gasteiger partial charge in [-0.3, -0.25) is 19.2 Å². The first-order valence-electron chi connectivity index (χ1n) is 15.2. The maximum absolute atomic E-state index is 13.4. The average Bonchev–Trinajstić information content (AvgIpc) is 2.96. The van der Waals surface area contributed by atoms with E-state index in [9.17, 15) is 24.0 Å². The molecule has 0 heterocycles. The molecule has 0 radical (unpaired) electrons. The van der Waals surface area contributed by atoms with Crippen LogP contribution in [-0.2, 0) is 52.4 Å². The zero-order valence-corrected chi connectivity index (χ0v) is 26.5. The number of aliphatic hydroxyl groups excluding tert-OH is 1. The third-order valence-electron chi connectivity index (χ3n) is 6.20. The highest BCUT2D eigenvalue weighted by molar-refractivity contribution is 5.92. The predicted octanol–water partition coefficient (Wildman–Crippen LogP) is 2.73. The number of rotatable bonds is 27. The minimum Gasteiger partial charge on any atom is -0.466 e. The molecule has 1 atom stereocenters. The molecule has 0 aliphatic rings. The number of hydrogen-bond donors (Lipinski definition) is 1. The number of hydrogen-bond acceptors (Lipinski definition) is 13. The van der Waals surface area contributed by atoms with E-state index in [1.807, 2.05) is 0 Å². The smallest absolute Gasteiger partial charge is 0.351 e. The topological polar surface area (TPSA) is 164 Å². The van der Waals surface area contributed by atoms with Crippen molar-refractivity contribution in [3.63, 3.8) is 0 Å². The second-order valence-electron chi connectivity index (χ2n) is 10.4. The molecule has 43 heavy (non-hydrogen) atoms. The van der Waals surface area contributed by atoms with E-state index in [1.165, 1.54) is 0 Å². The van der Waals surface area contributed by atoms with Crippen molar-refractivity contribution in [2.75, 3.05) is 67.4 Å². The minimum atomic E-state index is -2.26. The zero-order chi connectivity index (χ0) is 32.3. The van der Waals surface area contributed by atoms with Gasteiger partial charge in [0.2, 0.25) is 5.60 Å². The number of methoxy groups -OCH3 is 1. The van der Waals surface area contributed by atoms with Gasteiger partial charge in [-0.25, -0.2) is 4.79 Å². The van der Waals surface area contributed by atoms with Crippen LogP contribution >= 0.6 is 0 Å². The van der Waals surface area contributed by atoms with Crippen molar-refractivity contribution in [3.8, 4) is 0 Å². The number of aliphatic hydroxyl groups is 1. The molecule has 0 aromatic heterocycles. The Balaban J connectivity index is 5.52. The van der Waals surface area contributed by atoms with Gasteiger partial charge >= 0.3 is 29.8 Å². The predicted molar refractivity (Wildman–Crippen MR) is 156 cm³/mol. The van der Waals surface area contributed by atoms with E-state index in [0.29, 0.717) is 64.5 Å². The number of esters is 5. The molecule has 250 valence electrons. The van der Waals surface area contributed by atoms with E-state index in [4.69, 9.17) is 33.5 Å². The summed E-state index contributed by atoms with van der Waals surface area (Å²) >= 11 is 0. The minimum absolute atomic E-state index is 0.00555. The Morgan fingerprint density at radius 2 is 1.09 bits per heavy atom. The van der Waals surface area contributed by atoms with Gasteiger partial charge in [0, 0.05) is 33.3 Å². The lowest BCUT2D eigenvalue weighted by Crippen LogP contribution is -2.49. The summed E-state index contributed by atoms with van der Waals surface area (Å²) in [7, 11) is 5.12. The average molecular weight is 620 g/mol. The van der Waals surface area contributed by atoms with Gasteiger partial charge < -0.3 is 38.4 Å². The van der Waals surface area contributed by atoms with Crippen LogP contribution in [0.1, 0.15) is 90.4 Å². The van der Waals surface area contributed by atoms with E-state index in [0.717, 1.165) is 12.8 Å². The summed E-state index contributed by atoms with van der Waals surface area (Å²) in [5.74, 6) is -3.77. The van der Waals surface area contributed by atoms with Gasteiger partial charge in [-0.1, -0.05) is 6.92 Å². The van der Waals surface area contributed by atoms with Crippen LogP contribution in [0.3, 0.4) is 0 Å². The van der Waals surface area contributed by atoms with Gasteiger partial charge in [-0.15, -0.1) is 0 Å². The molecule has 13 heteroatoms. The van der Waals surface area contributed by atoms with E-state index in [2.05, 4.69) is 0 Å². The Hall–Kier alpha value is -2.77. The second kappa shape index (κ2) is 25.7. The molecule has 0 amide bonds. The van der Waals surface area contributed by atoms with Crippen LogP contribution in [0.2, 0.25) is 0 Å². The SMILES string of the molecule is CCC(=O)OCCCCCOC(=O)CC(CC(=O)OCCCCCOC)(OC(=O)CCN(C)C)C(=O)OCCCCCO. The van der Waals surface area contributed by atoms with Gasteiger partial charge in [-0.05, 0) is 71.9 Å². The molecule has 1 unspecified atom stereocenters. The maximum Gasteiger partial charge on any atom is 0.351 e. The van der Waals surface area contributed by atoms with Crippen molar-refractivity contribution in [2.24, 2.45) is 0 Å². The molecule has 0 aromatic carbocycles. The maximum atomic E-state index is 13.4. The normalized spacial score (nSPS) is 12.3. The van der Waals surface area contributed by atoms with Crippen LogP contribution in [-0.4, -0.2) is 113 Å². The summed E-state index contributed by atoms with van der Waals surface area (Å²) in [6.07, 6.45) is 4.12. The summed E-state index contributed by atoms with van der Waals surface area (Å²) in [4.78, 5) is 64.9. The van der Waals surface area contributed by atoms with Crippen LogP contribution in [0.25, 0.3) is 0 Å². The first-order chi connectivity index (χ1) is 20.6. The molecule has 1 N–H and O–H groups in total. The molecule has 0 aromatic rings. The number of carbonyl (C=O) groups excluding carboxylic acids is 5. The summed E-state index contributed by atoms with van der Waals surface area (Å²) in [6, 6.07) is 0. The molecule has 0 aliphatic heterocycles. The standard InChI is InChI=1S/C30H53NO12/c1-5-25(33)39-19-13-8-14-21-41-28(36)24-30(43-26(34)15-16-31(2)3,29(37)42-22-11-6-9-17-32)23-27(35)40-20-12-7-10-18-38-4/h32H,5-24H2,1-4H3. The molecule has 0 aliphatic carbocycles. The van der Waals surface area contributed by atoms with Crippen LogP contribution < -0.4 is 0 Å². The third-order valence-corrected chi connectivity index (χ3v) is 6.20. The lowest BCUT2D eigenvalue weighted by Gasteiger charge is -2.30. The Kier molecular flexibility index (Phi) is 24.0. The number of carbonyl (C=O) groups is 5. The van der Waals surface area contributed by atoms with Gasteiger partial charge in [-0.2, -0.15) is 0 Å².